The summed E-state index contributed by atoms with van der Waals surface area (Å²) in [4.78, 5) is 14.6. The summed E-state index contributed by atoms with van der Waals surface area (Å²) in [6.07, 6.45) is 5.31. The van der Waals surface area contributed by atoms with Crippen molar-refractivity contribution in [1.82, 2.24) is 10.2 Å². The van der Waals surface area contributed by atoms with E-state index in [2.05, 4.69) is 17.1 Å². The maximum absolute atomic E-state index is 12.4. The van der Waals surface area contributed by atoms with Crippen molar-refractivity contribution in [2.75, 3.05) is 19.6 Å². The van der Waals surface area contributed by atoms with Crippen LogP contribution in [0.25, 0.3) is 0 Å². The van der Waals surface area contributed by atoms with Crippen molar-refractivity contribution in [2.24, 2.45) is 17.8 Å². The van der Waals surface area contributed by atoms with Crippen molar-refractivity contribution in [3.05, 3.63) is 0 Å². The largest absolute Gasteiger partial charge is 0.337 e. The van der Waals surface area contributed by atoms with Gasteiger partial charge in [-0.3, -0.25) is 4.79 Å². The third-order valence-corrected chi connectivity index (χ3v) is 4.73. The summed E-state index contributed by atoms with van der Waals surface area (Å²) in [6, 6.07) is 0.393. The van der Waals surface area contributed by atoms with Gasteiger partial charge in [-0.25, -0.2) is 0 Å². The van der Waals surface area contributed by atoms with E-state index in [1.54, 1.807) is 0 Å². The van der Waals surface area contributed by atoms with Gasteiger partial charge in [0.25, 0.3) is 0 Å². The van der Waals surface area contributed by atoms with E-state index >= 15 is 0 Å². The number of fused-ring (bicyclic) bond motifs is 1. The molecule has 1 amide bonds. The number of amides is 1. The average Bonchev–Trinajstić information content (AvgIpc) is 3.03. The molecule has 3 aliphatic rings. The Kier molecular flexibility index (Phi) is 2.66. The third kappa shape index (κ3) is 1.65. The molecule has 3 heteroatoms. The van der Waals surface area contributed by atoms with E-state index in [0.717, 1.165) is 31.5 Å². The highest BCUT2D eigenvalue weighted by molar-refractivity contribution is 5.82. The van der Waals surface area contributed by atoms with Crippen LogP contribution in [0.4, 0.5) is 0 Å². The highest BCUT2D eigenvalue weighted by Crippen LogP contribution is 2.56. The van der Waals surface area contributed by atoms with Crippen molar-refractivity contribution in [1.29, 1.82) is 0 Å². The first-order valence-corrected chi connectivity index (χ1v) is 6.80. The topological polar surface area (TPSA) is 32.3 Å². The molecular weight excluding hydrogens is 200 g/mol. The first-order chi connectivity index (χ1) is 7.79. The molecule has 2 aliphatic carbocycles. The molecule has 3 fully saturated rings. The lowest BCUT2D eigenvalue weighted by atomic mass is 10.0. The van der Waals surface area contributed by atoms with E-state index in [1.165, 1.54) is 25.7 Å². The van der Waals surface area contributed by atoms with Crippen LogP contribution in [0.2, 0.25) is 0 Å². The van der Waals surface area contributed by atoms with E-state index < -0.39 is 0 Å². The number of piperazine rings is 1. The molecule has 3 rings (SSSR count). The molecule has 3 atom stereocenters. The van der Waals surface area contributed by atoms with E-state index in [-0.39, 0.29) is 0 Å². The highest BCUT2D eigenvalue weighted by Gasteiger charge is 2.56. The minimum absolute atomic E-state index is 0.393. The van der Waals surface area contributed by atoms with Crippen LogP contribution < -0.4 is 5.32 Å². The maximum Gasteiger partial charge on any atom is 0.226 e. The van der Waals surface area contributed by atoms with Gasteiger partial charge in [0.05, 0.1) is 0 Å². The number of carbonyl (C=O) groups excluding carboxylic acids is 1. The van der Waals surface area contributed by atoms with E-state index in [0.29, 0.717) is 17.9 Å². The number of rotatable bonds is 1. The van der Waals surface area contributed by atoms with Gasteiger partial charge in [0, 0.05) is 31.6 Å². The Balaban J connectivity index is 1.64. The second-order valence-electron chi connectivity index (χ2n) is 5.72. The fraction of sp³-hybridized carbons (Fsp3) is 0.923. The average molecular weight is 222 g/mol. The minimum Gasteiger partial charge on any atom is -0.337 e. The molecule has 90 valence electrons. The molecule has 1 heterocycles. The van der Waals surface area contributed by atoms with Crippen LogP contribution in [0.15, 0.2) is 0 Å². The summed E-state index contributed by atoms with van der Waals surface area (Å²) in [5.74, 6) is 2.38. The van der Waals surface area contributed by atoms with Gasteiger partial charge in [-0.05, 0) is 31.6 Å². The standard InChI is InChI=1S/C13H22N2O/c1-9-8-14-6-7-15(9)13(16)12-10-4-2-3-5-11(10)12/h9-12,14H,2-8H2,1H3. The number of hydrogen-bond acceptors (Lipinski definition) is 2. The minimum atomic E-state index is 0.393. The second-order valence-corrected chi connectivity index (χ2v) is 5.72. The van der Waals surface area contributed by atoms with Crippen LogP contribution in [-0.4, -0.2) is 36.5 Å². The first kappa shape index (κ1) is 10.6. The molecule has 1 saturated heterocycles. The lowest BCUT2D eigenvalue weighted by Gasteiger charge is -2.34. The molecule has 1 aliphatic heterocycles. The van der Waals surface area contributed by atoms with Gasteiger partial charge in [-0.15, -0.1) is 0 Å². The Morgan fingerprint density at radius 3 is 2.56 bits per heavy atom. The van der Waals surface area contributed by atoms with Gasteiger partial charge < -0.3 is 10.2 Å². The number of nitrogens with zero attached hydrogens (tertiary/aromatic N) is 1. The Labute approximate surface area is 97.6 Å². The van der Waals surface area contributed by atoms with Crippen molar-refractivity contribution >= 4 is 5.91 Å². The zero-order chi connectivity index (χ0) is 11.1. The number of carbonyl (C=O) groups is 1. The van der Waals surface area contributed by atoms with Gasteiger partial charge in [-0.2, -0.15) is 0 Å². The fourth-order valence-corrected chi connectivity index (χ4v) is 3.72. The lowest BCUT2D eigenvalue weighted by molar-refractivity contribution is -0.136. The highest BCUT2D eigenvalue weighted by atomic mass is 16.2. The first-order valence-electron chi connectivity index (χ1n) is 6.80. The molecule has 16 heavy (non-hydrogen) atoms. The van der Waals surface area contributed by atoms with Crippen LogP contribution in [0, 0.1) is 17.8 Å². The number of nitrogens with one attached hydrogen (secondary N) is 1. The van der Waals surface area contributed by atoms with Crippen molar-refractivity contribution in [3.63, 3.8) is 0 Å². The summed E-state index contributed by atoms with van der Waals surface area (Å²) >= 11 is 0. The predicted octanol–water partition coefficient (Wildman–Crippen LogP) is 1.24. The third-order valence-electron chi connectivity index (χ3n) is 4.73. The van der Waals surface area contributed by atoms with Crippen molar-refractivity contribution in [3.8, 4) is 0 Å². The molecular formula is C13H22N2O. The maximum atomic E-state index is 12.4. The van der Waals surface area contributed by atoms with E-state index in [9.17, 15) is 4.79 Å². The van der Waals surface area contributed by atoms with Gasteiger partial charge in [-0.1, -0.05) is 12.8 Å². The summed E-state index contributed by atoms with van der Waals surface area (Å²) in [5.41, 5.74) is 0. The van der Waals surface area contributed by atoms with Gasteiger partial charge in [0.2, 0.25) is 5.91 Å². The molecule has 3 unspecified atom stereocenters. The molecule has 0 aromatic carbocycles. The van der Waals surface area contributed by atoms with Gasteiger partial charge >= 0.3 is 0 Å². The molecule has 1 N–H and O–H groups in total. The van der Waals surface area contributed by atoms with Crippen LogP contribution in [0.5, 0.6) is 0 Å². The molecule has 0 bridgehead atoms. The Bertz CT molecular complexity index is 280. The quantitative estimate of drug-likeness (QED) is 0.724. The monoisotopic (exact) mass is 222 g/mol. The molecule has 0 aromatic rings. The fourth-order valence-electron chi connectivity index (χ4n) is 3.72. The Hall–Kier alpha value is -0.570. The van der Waals surface area contributed by atoms with Gasteiger partial charge in [0.1, 0.15) is 0 Å². The van der Waals surface area contributed by atoms with Crippen molar-refractivity contribution < 1.29 is 4.79 Å². The Morgan fingerprint density at radius 1 is 1.25 bits per heavy atom. The van der Waals surface area contributed by atoms with Crippen molar-refractivity contribution in [2.45, 2.75) is 38.6 Å². The number of hydrogen-bond donors (Lipinski definition) is 1. The molecule has 2 saturated carbocycles. The van der Waals surface area contributed by atoms with E-state index in [1.807, 2.05) is 0 Å². The molecule has 0 radical (unpaired) electrons. The Morgan fingerprint density at radius 2 is 1.94 bits per heavy atom. The molecule has 0 aromatic heterocycles. The molecule has 3 nitrogen and oxygen atoms in total. The summed E-state index contributed by atoms with van der Waals surface area (Å²) < 4.78 is 0. The summed E-state index contributed by atoms with van der Waals surface area (Å²) in [6.45, 7) is 5.01. The summed E-state index contributed by atoms with van der Waals surface area (Å²) in [7, 11) is 0. The second kappa shape index (κ2) is 4.02. The molecule has 0 spiro atoms. The van der Waals surface area contributed by atoms with Crippen LogP contribution in [0.3, 0.4) is 0 Å². The summed E-state index contributed by atoms with van der Waals surface area (Å²) in [5, 5.41) is 3.35. The van der Waals surface area contributed by atoms with Crippen LogP contribution in [-0.2, 0) is 4.79 Å². The SMILES string of the molecule is CC1CNCCN1C(=O)C1C2CCCCC21. The smallest absolute Gasteiger partial charge is 0.226 e. The van der Waals surface area contributed by atoms with Gasteiger partial charge in [0.15, 0.2) is 0 Å². The van der Waals surface area contributed by atoms with Crippen LogP contribution >= 0.6 is 0 Å². The normalized spacial score (nSPS) is 42.7. The zero-order valence-electron chi connectivity index (χ0n) is 10.1. The van der Waals surface area contributed by atoms with E-state index in [4.69, 9.17) is 0 Å². The predicted molar refractivity (Wildman–Crippen MR) is 63.0 cm³/mol. The lowest BCUT2D eigenvalue weighted by Crippen LogP contribution is -2.53. The van der Waals surface area contributed by atoms with Crippen LogP contribution in [0.1, 0.15) is 32.6 Å². The zero-order valence-corrected chi connectivity index (χ0v) is 10.1.